The van der Waals surface area contributed by atoms with Gasteiger partial charge in [0.05, 0.1) is 12.6 Å². The smallest absolute Gasteiger partial charge is 0.241 e. The van der Waals surface area contributed by atoms with Gasteiger partial charge in [0.1, 0.15) is 5.75 Å². The highest BCUT2D eigenvalue weighted by molar-refractivity contribution is 7.98. The number of rotatable bonds is 8. The number of nitrogens with one attached hydrogen (secondary N) is 1. The van der Waals surface area contributed by atoms with E-state index >= 15 is 0 Å². The van der Waals surface area contributed by atoms with Gasteiger partial charge >= 0.3 is 0 Å². The van der Waals surface area contributed by atoms with Gasteiger partial charge in [0.25, 0.3) is 0 Å². The van der Waals surface area contributed by atoms with Gasteiger partial charge in [-0.3, -0.25) is 4.79 Å². The molecule has 0 aromatic heterocycles. The maximum atomic E-state index is 11.8. The van der Waals surface area contributed by atoms with Crippen molar-refractivity contribution in [1.29, 1.82) is 0 Å². The molecular weight excluding hydrogens is 260 g/mol. The first-order valence-corrected chi connectivity index (χ1v) is 7.85. The average molecular weight is 282 g/mol. The van der Waals surface area contributed by atoms with Gasteiger partial charge in [-0.05, 0) is 49.1 Å². The Bertz CT molecular complexity index is 382. The summed E-state index contributed by atoms with van der Waals surface area (Å²) in [5.74, 6) is 1.56. The van der Waals surface area contributed by atoms with Crippen LogP contribution in [0.2, 0.25) is 0 Å². The van der Waals surface area contributed by atoms with Crippen LogP contribution in [0.3, 0.4) is 0 Å². The molecule has 0 heterocycles. The third kappa shape index (κ3) is 5.98. The van der Waals surface area contributed by atoms with Crippen molar-refractivity contribution in [3.63, 3.8) is 0 Å². The van der Waals surface area contributed by atoms with Crippen molar-refractivity contribution in [2.45, 2.75) is 25.8 Å². The van der Waals surface area contributed by atoms with E-state index in [-0.39, 0.29) is 5.91 Å². The normalized spacial score (nSPS) is 11.9. The van der Waals surface area contributed by atoms with Crippen LogP contribution in [0, 0.1) is 0 Å². The van der Waals surface area contributed by atoms with E-state index in [9.17, 15) is 4.79 Å². The minimum absolute atomic E-state index is 0.142. The van der Waals surface area contributed by atoms with E-state index in [1.165, 1.54) is 0 Å². The van der Waals surface area contributed by atoms with Crippen LogP contribution in [-0.2, 0) is 4.79 Å². The molecule has 3 N–H and O–H groups in total. The van der Waals surface area contributed by atoms with Crippen LogP contribution >= 0.6 is 11.8 Å². The Kier molecular flexibility index (Phi) is 7.36. The number of anilines is 1. The first-order chi connectivity index (χ1) is 9.17. The molecule has 1 amide bonds. The summed E-state index contributed by atoms with van der Waals surface area (Å²) < 4.78 is 5.48. The zero-order chi connectivity index (χ0) is 14.1. The molecule has 1 aromatic rings. The predicted molar refractivity (Wildman–Crippen MR) is 81.8 cm³/mol. The Balaban J connectivity index is 2.45. The molecule has 1 rings (SSSR count). The van der Waals surface area contributed by atoms with Gasteiger partial charge in [0.15, 0.2) is 0 Å². The molecule has 4 nitrogen and oxygen atoms in total. The third-order valence-corrected chi connectivity index (χ3v) is 3.21. The summed E-state index contributed by atoms with van der Waals surface area (Å²) in [6.07, 6.45) is 3.66. The average Bonchev–Trinajstić information content (AvgIpc) is 2.43. The van der Waals surface area contributed by atoms with Crippen molar-refractivity contribution in [2.24, 2.45) is 5.73 Å². The lowest BCUT2D eigenvalue weighted by atomic mass is 10.2. The highest BCUT2D eigenvalue weighted by Gasteiger charge is 2.12. The van der Waals surface area contributed by atoms with Gasteiger partial charge in [-0.2, -0.15) is 11.8 Å². The van der Waals surface area contributed by atoms with Crippen molar-refractivity contribution >= 4 is 23.4 Å². The Labute approximate surface area is 119 Å². The Morgan fingerprint density at radius 3 is 2.68 bits per heavy atom. The molecule has 0 aliphatic carbocycles. The fourth-order valence-corrected chi connectivity index (χ4v) is 1.95. The molecule has 0 spiro atoms. The minimum Gasteiger partial charge on any atom is -0.494 e. The second-order valence-electron chi connectivity index (χ2n) is 4.25. The van der Waals surface area contributed by atoms with Gasteiger partial charge in [0.2, 0.25) is 5.91 Å². The number of hydrogen-bond acceptors (Lipinski definition) is 4. The van der Waals surface area contributed by atoms with Crippen LogP contribution in [0.4, 0.5) is 5.69 Å². The van der Waals surface area contributed by atoms with Crippen molar-refractivity contribution in [3.05, 3.63) is 24.3 Å². The standard InChI is InChI=1S/C14H22N2O2S/c1-3-9-18-12-6-4-11(5-7-12)16-14(17)13(15)8-10-19-2/h4-7,13H,3,8-10,15H2,1-2H3,(H,16,17)/t13-/m0/s1. The lowest BCUT2D eigenvalue weighted by Gasteiger charge is -2.12. The number of ether oxygens (including phenoxy) is 1. The number of thioether (sulfide) groups is 1. The van der Waals surface area contributed by atoms with Crippen molar-refractivity contribution in [3.8, 4) is 5.75 Å². The zero-order valence-electron chi connectivity index (χ0n) is 11.5. The lowest BCUT2D eigenvalue weighted by molar-refractivity contribution is -0.117. The maximum Gasteiger partial charge on any atom is 0.241 e. The molecule has 19 heavy (non-hydrogen) atoms. The van der Waals surface area contributed by atoms with Crippen LogP contribution in [-0.4, -0.2) is 30.6 Å². The summed E-state index contributed by atoms with van der Waals surface area (Å²) in [6.45, 7) is 2.76. The topological polar surface area (TPSA) is 64.3 Å². The molecule has 0 aliphatic heterocycles. The maximum absolute atomic E-state index is 11.8. The van der Waals surface area contributed by atoms with Gasteiger partial charge in [-0.15, -0.1) is 0 Å². The summed E-state index contributed by atoms with van der Waals surface area (Å²) in [6, 6.07) is 6.88. The number of carbonyl (C=O) groups excluding carboxylic acids is 1. The van der Waals surface area contributed by atoms with E-state index in [0.717, 1.165) is 23.6 Å². The summed E-state index contributed by atoms with van der Waals surface area (Å²) in [4.78, 5) is 11.8. The first-order valence-electron chi connectivity index (χ1n) is 6.45. The highest BCUT2D eigenvalue weighted by atomic mass is 32.2. The molecule has 1 aromatic carbocycles. The molecule has 0 bridgehead atoms. The van der Waals surface area contributed by atoms with Crippen LogP contribution in [0.5, 0.6) is 5.75 Å². The third-order valence-electron chi connectivity index (χ3n) is 2.56. The highest BCUT2D eigenvalue weighted by Crippen LogP contribution is 2.16. The minimum atomic E-state index is -0.455. The molecule has 0 radical (unpaired) electrons. The Morgan fingerprint density at radius 1 is 1.42 bits per heavy atom. The summed E-state index contributed by atoms with van der Waals surface area (Å²) in [7, 11) is 0. The summed E-state index contributed by atoms with van der Waals surface area (Å²) in [5, 5.41) is 2.81. The van der Waals surface area contributed by atoms with Crippen LogP contribution in [0.15, 0.2) is 24.3 Å². The molecule has 1 atom stereocenters. The van der Waals surface area contributed by atoms with Crippen LogP contribution < -0.4 is 15.8 Å². The van der Waals surface area contributed by atoms with Crippen molar-refractivity contribution < 1.29 is 9.53 Å². The molecule has 0 fully saturated rings. The molecule has 106 valence electrons. The molecule has 0 aliphatic rings. The second kappa shape index (κ2) is 8.82. The summed E-state index contributed by atoms with van der Waals surface area (Å²) >= 11 is 1.69. The van der Waals surface area contributed by atoms with E-state index in [1.807, 2.05) is 30.5 Å². The zero-order valence-corrected chi connectivity index (χ0v) is 12.3. The quantitative estimate of drug-likeness (QED) is 0.769. The number of nitrogens with two attached hydrogens (primary N) is 1. The Morgan fingerprint density at radius 2 is 2.11 bits per heavy atom. The van der Waals surface area contributed by atoms with E-state index in [0.29, 0.717) is 13.0 Å². The van der Waals surface area contributed by atoms with Crippen LogP contribution in [0.1, 0.15) is 19.8 Å². The number of amides is 1. The van der Waals surface area contributed by atoms with E-state index < -0.39 is 6.04 Å². The van der Waals surface area contributed by atoms with Crippen LogP contribution in [0.25, 0.3) is 0 Å². The van der Waals surface area contributed by atoms with Gasteiger partial charge in [-0.25, -0.2) is 0 Å². The van der Waals surface area contributed by atoms with Gasteiger partial charge in [0, 0.05) is 5.69 Å². The SMILES string of the molecule is CCCOc1ccc(NC(=O)[C@@H](N)CCSC)cc1. The van der Waals surface area contributed by atoms with Gasteiger partial charge in [-0.1, -0.05) is 6.92 Å². The lowest BCUT2D eigenvalue weighted by Crippen LogP contribution is -2.36. The molecule has 0 unspecified atom stereocenters. The second-order valence-corrected chi connectivity index (χ2v) is 5.24. The molecular formula is C14H22N2O2S. The molecule has 5 heteroatoms. The largest absolute Gasteiger partial charge is 0.494 e. The number of hydrogen-bond donors (Lipinski definition) is 2. The summed E-state index contributed by atoms with van der Waals surface area (Å²) in [5.41, 5.74) is 6.54. The predicted octanol–water partition coefficient (Wildman–Crippen LogP) is 2.49. The molecule has 0 saturated carbocycles. The van der Waals surface area contributed by atoms with E-state index in [1.54, 1.807) is 11.8 Å². The van der Waals surface area contributed by atoms with Gasteiger partial charge < -0.3 is 15.8 Å². The van der Waals surface area contributed by atoms with E-state index in [4.69, 9.17) is 10.5 Å². The fourth-order valence-electron chi connectivity index (χ4n) is 1.47. The van der Waals surface area contributed by atoms with Crippen molar-refractivity contribution in [1.82, 2.24) is 0 Å². The number of benzene rings is 1. The van der Waals surface area contributed by atoms with Crippen molar-refractivity contribution in [2.75, 3.05) is 23.9 Å². The molecule has 0 saturated heterocycles. The monoisotopic (exact) mass is 282 g/mol. The number of carbonyl (C=O) groups is 1. The van der Waals surface area contributed by atoms with E-state index in [2.05, 4.69) is 12.2 Å². The Hall–Kier alpha value is -1.20. The fraction of sp³-hybridized carbons (Fsp3) is 0.500. The first kappa shape index (κ1) is 15.9.